The number of fused-ring (bicyclic) bond motifs is 3. The summed E-state index contributed by atoms with van der Waals surface area (Å²) < 4.78 is 82.3. The van der Waals surface area contributed by atoms with Crippen LogP contribution in [0, 0.1) is 0 Å². The van der Waals surface area contributed by atoms with Gasteiger partial charge in [-0.15, -0.1) is 24.0 Å². The average Bonchev–Trinajstić information content (AvgIpc) is 3.99. The Morgan fingerprint density at radius 2 is 0.884 bits per heavy atom. The fourth-order valence-electron chi connectivity index (χ4n) is 7.90. The van der Waals surface area contributed by atoms with E-state index in [0.29, 0.717) is 108 Å². The van der Waals surface area contributed by atoms with Gasteiger partial charge in [0.2, 0.25) is 0 Å². The van der Waals surface area contributed by atoms with E-state index >= 15 is 0 Å². The van der Waals surface area contributed by atoms with Gasteiger partial charge in [-0.25, -0.2) is 54.5 Å². The van der Waals surface area contributed by atoms with Crippen molar-refractivity contribution in [2.75, 3.05) is 49.4 Å². The van der Waals surface area contributed by atoms with Crippen molar-refractivity contribution in [2.24, 2.45) is 0 Å². The van der Waals surface area contributed by atoms with Crippen LogP contribution in [0.4, 0.5) is 17.5 Å². The van der Waals surface area contributed by atoms with Crippen molar-refractivity contribution in [3.8, 4) is 17.2 Å². The number of benzene rings is 4. The summed E-state index contributed by atoms with van der Waals surface area (Å²) in [6.45, 7) is 4.52. The first-order valence-electron chi connectivity index (χ1n) is 26.3. The molecule has 0 bridgehead atoms. The number of para-hydroxylation sites is 3. The highest BCUT2D eigenvalue weighted by Gasteiger charge is 2.28. The van der Waals surface area contributed by atoms with Gasteiger partial charge in [-0.3, -0.25) is 9.13 Å². The molecule has 8 N–H and O–H groups in total. The second-order valence-electron chi connectivity index (χ2n) is 18.9. The lowest BCUT2D eigenvalue weighted by Gasteiger charge is -2.23. The van der Waals surface area contributed by atoms with Crippen molar-refractivity contribution in [1.82, 2.24) is 63.6 Å². The molecule has 6 heterocycles. The van der Waals surface area contributed by atoms with E-state index in [1.165, 1.54) is 19.0 Å². The van der Waals surface area contributed by atoms with Crippen LogP contribution in [-0.4, -0.2) is 114 Å². The van der Waals surface area contributed by atoms with Gasteiger partial charge < -0.3 is 68.3 Å². The summed E-state index contributed by atoms with van der Waals surface area (Å²) in [6.07, 6.45) is 7.24. The summed E-state index contributed by atoms with van der Waals surface area (Å²) in [7, 11) is -7.28. The molecule has 6 atom stereocenters. The molecular formula is C54H65ClIN16O11P3. The molecule has 456 valence electrons. The molecule has 0 aliphatic rings. The van der Waals surface area contributed by atoms with Gasteiger partial charge >= 0.3 is 21.8 Å². The number of aromatic nitrogens is 12. The Balaban J connectivity index is 0.000000187. The zero-order chi connectivity index (χ0) is 60.2. The Morgan fingerprint density at radius 1 is 0.512 bits per heavy atom. The molecule has 0 radical (unpaired) electrons. The normalized spacial score (nSPS) is 14.4. The van der Waals surface area contributed by atoms with Gasteiger partial charge in [0.25, 0.3) is 0 Å². The third kappa shape index (κ3) is 20.2. The van der Waals surface area contributed by atoms with Crippen molar-refractivity contribution in [3.63, 3.8) is 0 Å². The molecule has 0 amide bonds. The fourth-order valence-corrected chi connectivity index (χ4v) is 11.7. The smallest absolute Gasteiger partial charge is 0.402 e. The highest BCUT2D eigenvalue weighted by molar-refractivity contribution is 14.0. The van der Waals surface area contributed by atoms with Crippen LogP contribution >= 0.6 is 57.1 Å². The van der Waals surface area contributed by atoms with E-state index in [1.54, 1.807) is 102 Å². The van der Waals surface area contributed by atoms with Crippen molar-refractivity contribution >= 4 is 108 Å². The maximum absolute atomic E-state index is 13.6. The Hall–Kier alpha value is -7.20. The van der Waals surface area contributed by atoms with Gasteiger partial charge in [-0.05, 0) is 74.0 Å². The van der Waals surface area contributed by atoms with Crippen LogP contribution in [-0.2, 0) is 58.9 Å². The monoisotopic (exact) mass is 1370 g/mol. The maximum Gasteiger partial charge on any atom is 0.402 e. The zero-order valence-corrected chi connectivity index (χ0v) is 52.6. The van der Waals surface area contributed by atoms with Gasteiger partial charge in [0.15, 0.2) is 40.7 Å². The summed E-state index contributed by atoms with van der Waals surface area (Å²) in [6, 6.07) is 36.1. The minimum atomic E-state index is -3.91. The predicted octanol–water partition coefficient (Wildman–Crippen LogP) is 9.79. The molecule has 0 saturated carbocycles. The highest BCUT2D eigenvalue weighted by Crippen LogP contribution is 2.52. The number of nitrogens with zero attached hydrogens (tertiary/aromatic N) is 12. The molecule has 4 aromatic carbocycles. The van der Waals surface area contributed by atoms with Gasteiger partial charge in [0, 0.05) is 6.54 Å². The molecule has 32 heteroatoms. The Morgan fingerprint density at radius 3 is 1.31 bits per heavy atom. The lowest BCUT2D eigenvalue weighted by atomic mass is 10.2. The standard InChI is InChI=1S/C24H29N6O4P.C15H17ClN5O3P.C15H18N5O4P.HI/c1-19(14-30-17-28-22-23(25)26-16-27-24(22)30)33-18-35(31,34-21-10-6-3-7-11-21)29-12-13-32-15-20-8-4-2-5-9-20;1-11(7-21-9-20-13-14(17)18-8-19-15(13)21)23-10-25(16,22)24-12-5-3-2-4-6-12;1-11(7-20-9-19-13-14(16)17-8-18-15(13)20)23-10-25(21,22)24-12-5-3-2-4-6-12;/h2-11,16-17,19H,12-15,18H2,1H3,(H,29,31)(H2,25,26,27);2-6,8-9,11H,7,10H2,1H3,(H2,17,18,19);2-6,8-9,11H,7,10H2,1H3,(H,21,22)(H2,16,17,18);1H/t19-,35+;11-,25?;11-;/m111./s1. The van der Waals surface area contributed by atoms with Crippen LogP contribution in [0.25, 0.3) is 33.5 Å². The van der Waals surface area contributed by atoms with Crippen LogP contribution in [0.1, 0.15) is 26.3 Å². The molecule has 0 spiro atoms. The molecule has 0 saturated heterocycles. The molecule has 27 nitrogen and oxygen atoms in total. The number of imidazole rings is 3. The number of nitrogens with two attached hydrogens (primary N) is 3. The number of nitrogens with one attached hydrogen (secondary N) is 1. The number of ether oxygens (including phenoxy) is 4. The van der Waals surface area contributed by atoms with Crippen LogP contribution in [0.3, 0.4) is 0 Å². The van der Waals surface area contributed by atoms with Crippen LogP contribution in [0.2, 0.25) is 0 Å². The van der Waals surface area contributed by atoms with Gasteiger partial charge in [0.05, 0.1) is 70.1 Å². The third-order valence-corrected chi connectivity index (χ3v) is 16.0. The quantitative estimate of drug-likeness (QED) is 0.0181. The van der Waals surface area contributed by atoms with Crippen molar-refractivity contribution in [2.45, 2.75) is 65.3 Å². The average molecular weight is 1370 g/mol. The molecule has 0 fully saturated rings. The summed E-state index contributed by atoms with van der Waals surface area (Å²) >= 11 is 5.96. The Bertz CT molecular complexity index is 3700. The minimum absolute atomic E-state index is 0. The number of hydrogen-bond donors (Lipinski definition) is 5. The van der Waals surface area contributed by atoms with E-state index in [-0.39, 0.29) is 55.0 Å². The topological polar surface area (TPSA) is 357 Å². The Kier molecular flexibility index (Phi) is 24.7. The molecule has 6 aromatic heterocycles. The van der Waals surface area contributed by atoms with Crippen LogP contribution < -0.4 is 35.9 Å². The third-order valence-electron chi connectivity index (χ3n) is 11.9. The van der Waals surface area contributed by atoms with Gasteiger partial charge in [0.1, 0.15) is 65.5 Å². The second kappa shape index (κ2) is 32.0. The maximum atomic E-state index is 13.6. The van der Waals surface area contributed by atoms with E-state index in [0.717, 1.165) is 5.56 Å². The number of rotatable bonds is 27. The summed E-state index contributed by atoms with van der Waals surface area (Å²) in [4.78, 5) is 46.8. The SMILES string of the molecule is C[C@H](Cn1cnc2c(N)ncnc21)OCP(=O)(Cl)Oc1ccccc1.C[C@H](Cn1cnc2c(N)ncnc21)OCP(=O)(O)Oc1ccccc1.C[C@H](Cn1cnc2c(N)ncnc21)OC[P@@](=O)(NCCOCc1ccccc1)Oc1ccccc1.I. The summed E-state index contributed by atoms with van der Waals surface area (Å²) in [5, 5.41) is 3.01. The predicted molar refractivity (Wildman–Crippen MR) is 337 cm³/mol. The second-order valence-corrected chi connectivity index (χ2v) is 25.8. The van der Waals surface area contributed by atoms with Crippen molar-refractivity contribution in [1.29, 1.82) is 0 Å². The number of anilines is 3. The summed E-state index contributed by atoms with van der Waals surface area (Å²) in [5.41, 5.74) is 21.8. The van der Waals surface area contributed by atoms with E-state index in [2.05, 4.69) is 49.9 Å². The molecule has 10 rings (SSSR count). The van der Waals surface area contributed by atoms with Crippen LogP contribution in [0.5, 0.6) is 17.2 Å². The minimum Gasteiger partial charge on any atom is -0.431 e. The van der Waals surface area contributed by atoms with E-state index in [9.17, 15) is 18.6 Å². The lowest BCUT2D eigenvalue weighted by Crippen LogP contribution is -2.25. The highest BCUT2D eigenvalue weighted by atomic mass is 127. The first-order valence-corrected chi connectivity index (χ1v) is 32.6. The molecule has 0 aliphatic carbocycles. The number of halogens is 2. The number of hydrogen-bond acceptors (Lipinski definition) is 22. The first kappa shape index (κ1) is 66.3. The molecule has 2 unspecified atom stereocenters. The van der Waals surface area contributed by atoms with Gasteiger partial charge in [-0.2, -0.15) is 0 Å². The van der Waals surface area contributed by atoms with Gasteiger partial charge in [-0.1, -0.05) is 84.9 Å². The van der Waals surface area contributed by atoms with E-state index in [4.69, 9.17) is 61.0 Å². The van der Waals surface area contributed by atoms with Crippen molar-refractivity contribution in [3.05, 3.63) is 165 Å². The summed E-state index contributed by atoms with van der Waals surface area (Å²) in [5.74, 6) is 2.19. The fraction of sp³-hybridized carbons (Fsp3) is 0.278. The molecule has 10 aromatic rings. The zero-order valence-electron chi connectivity index (χ0n) is 46.9. The first-order chi connectivity index (χ1) is 40.9. The van der Waals surface area contributed by atoms with Crippen LogP contribution in [0.15, 0.2) is 159 Å². The lowest BCUT2D eigenvalue weighted by molar-refractivity contribution is 0.0772. The largest absolute Gasteiger partial charge is 0.431 e. The van der Waals surface area contributed by atoms with E-state index < -0.39 is 28.2 Å². The van der Waals surface area contributed by atoms with E-state index in [1.807, 2.05) is 73.0 Å². The number of nitrogen functional groups attached to an aromatic ring is 3. The van der Waals surface area contributed by atoms with Crippen molar-refractivity contribution < 1.29 is 51.1 Å². The molecule has 86 heavy (non-hydrogen) atoms. The molecule has 0 aliphatic heterocycles. The molecular weight excluding hydrogens is 1300 g/mol. The Labute approximate surface area is 516 Å².